The average Bonchev–Trinajstić information content (AvgIpc) is 1.71. The fraction of sp³-hybridized carbons (Fsp3) is 1.00. The molecule has 2 aliphatic rings. The highest BCUT2D eigenvalue weighted by atomic mass is 15.0. The van der Waals surface area contributed by atoms with Gasteiger partial charge in [0.1, 0.15) is 0 Å². The van der Waals surface area contributed by atoms with Crippen molar-refractivity contribution in [3.63, 3.8) is 0 Å². The SMILES string of the molecule is CC(C)CC1CC2(CNC2)C1. The molecule has 1 N–H and O–H groups in total. The van der Waals surface area contributed by atoms with Crippen molar-refractivity contribution in [1.29, 1.82) is 0 Å². The van der Waals surface area contributed by atoms with E-state index >= 15 is 0 Å². The van der Waals surface area contributed by atoms with Crippen LogP contribution in [0.1, 0.15) is 33.1 Å². The Morgan fingerprint density at radius 2 is 2.00 bits per heavy atom. The Kier molecular flexibility index (Phi) is 1.71. The normalized spacial score (nSPS) is 28.6. The van der Waals surface area contributed by atoms with E-state index < -0.39 is 0 Å². The monoisotopic (exact) mass is 153 g/mol. The fourth-order valence-corrected chi connectivity index (χ4v) is 2.77. The van der Waals surface area contributed by atoms with Crippen LogP contribution in [0.15, 0.2) is 0 Å². The van der Waals surface area contributed by atoms with Crippen LogP contribution in [0.2, 0.25) is 0 Å². The fourth-order valence-electron chi connectivity index (χ4n) is 2.77. The Hall–Kier alpha value is -0.0400. The molecule has 0 aromatic rings. The maximum Gasteiger partial charge on any atom is 0.00204 e. The Balaban J connectivity index is 1.71. The van der Waals surface area contributed by atoms with Gasteiger partial charge in [0, 0.05) is 13.1 Å². The lowest BCUT2D eigenvalue weighted by Gasteiger charge is -2.55. The Morgan fingerprint density at radius 1 is 1.36 bits per heavy atom. The smallest absolute Gasteiger partial charge is 0.00204 e. The highest BCUT2D eigenvalue weighted by Gasteiger charge is 2.47. The molecule has 2 fully saturated rings. The zero-order valence-electron chi connectivity index (χ0n) is 7.69. The summed E-state index contributed by atoms with van der Waals surface area (Å²) < 4.78 is 0. The third-order valence-electron chi connectivity index (χ3n) is 3.25. The minimum absolute atomic E-state index is 0.791. The summed E-state index contributed by atoms with van der Waals surface area (Å²) in [4.78, 5) is 0. The van der Waals surface area contributed by atoms with Crippen molar-refractivity contribution >= 4 is 0 Å². The minimum atomic E-state index is 0.791. The van der Waals surface area contributed by atoms with Crippen LogP contribution in [0, 0.1) is 17.3 Å². The lowest BCUT2D eigenvalue weighted by molar-refractivity contribution is -0.00844. The Morgan fingerprint density at radius 3 is 2.36 bits per heavy atom. The number of rotatable bonds is 2. The second-order valence-corrected chi connectivity index (χ2v) is 5.01. The van der Waals surface area contributed by atoms with E-state index in [0.29, 0.717) is 0 Å². The van der Waals surface area contributed by atoms with Gasteiger partial charge in [-0.1, -0.05) is 13.8 Å². The molecule has 64 valence electrons. The molecule has 1 spiro atoms. The van der Waals surface area contributed by atoms with Crippen molar-refractivity contribution in [2.24, 2.45) is 17.3 Å². The molecule has 0 unspecified atom stereocenters. The molecule has 1 aliphatic heterocycles. The second-order valence-electron chi connectivity index (χ2n) is 5.01. The summed E-state index contributed by atoms with van der Waals surface area (Å²) in [5.41, 5.74) is 0.791. The van der Waals surface area contributed by atoms with E-state index in [1.807, 2.05) is 0 Å². The van der Waals surface area contributed by atoms with E-state index in [4.69, 9.17) is 0 Å². The van der Waals surface area contributed by atoms with Gasteiger partial charge >= 0.3 is 0 Å². The van der Waals surface area contributed by atoms with Crippen LogP contribution < -0.4 is 5.32 Å². The van der Waals surface area contributed by atoms with Gasteiger partial charge in [-0.3, -0.25) is 0 Å². The van der Waals surface area contributed by atoms with Crippen LogP contribution in [0.3, 0.4) is 0 Å². The number of hydrogen-bond donors (Lipinski definition) is 1. The molecule has 11 heavy (non-hydrogen) atoms. The standard InChI is InChI=1S/C10H19N/c1-8(2)3-9-4-10(5-9)6-11-7-10/h8-9,11H,3-7H2,1-2H3. The summed E-state index contributed by atoms with van der Waals surface area (Å²) in [6.45, 7) is 7.29. The largest absolute Gasteiger partial charge is 0.316 e. The minimum Gasteiger partial charge on any atom is -0.316 e. The lowest BCUT2D eigenvalue weighted by Crippen LogP contribution is -2.60. The molecule has 0 aromatic heterocycles. The van der Waals surface area contributed by atoms with E-state index in [2.05, 4.69) is 19.2 Å². The summed E-state index contributed by atoms with van der Waals surface area (Å²) in [5.74, 6) is 1.97. The highest BCUT2D eigenvalue weighted by Crippen LogP contribution is 2.50. The van der Waals surface area contributed by atoms with Gasteiger partial charge in [0.25, 0.3) is 0 Å². The van der Waals surface area contributed by atoms with Crippen molar-refractivity contribution in [2.45, 2.75) is 33.1 Å². The Bertz CT molecular complexity index is 139. The number of hydrogen-bond acceptors (Lipinski definition) is 1. The molecule has 0 radical (unpaired) electrons. The van der Waals surface area contributed by atoms with Crippen molar-refractivity contribution in [1.82, 2.24) is 5.32 Å². The second kappa shape index (κ2) is 2.48. The zero-order chi connectivity index (χ0) is 7.90. The molecule has 1 nitrogen and oxygen atoms in total. The third kappa shape index (κ3) is 1.31. The van der Waals surface area contributed by atoms with Crippen molar-refractivity contribution in [3.8, 4) is 0 Å². The highest BCUT2D eigenvalue weighted by molar-refractivity contribution is 5.02. The quantitative estimate of drug-likeness (QED) is 0.640. The van der Waals surface area contributed by atoms with Crippen molar-refractivity contribution in [3.05, 3.63) is 0 Å². The van der Waals surface area contributed by atoms with Crippen LogP contribution in [0.4, 0.5) is 0 Å². The van der Waals surface area contributed by atoms with E-state index in [9.17, 15) is 0 Å². The van der Waals surface area contributed by atoms with E-state index in [1.54, 1.807) is 0 Å². The van der Waals surface area contributed by atoms with E-state index in [-0.39, 0.29) is 0 Å². The summed E-state index contributed by atoms with van der Waals surface area (Å²) in [6.07, 6.45) is 4.48. The summed E-state index contributed by atoms with van der Waals surface area (Å²) in [7, 11) is 0. The third-order valence-corrected chi connectivity index (χ3v) is 3.25. The van der Waals surface area contributed by atoms with Crippen LogP contribution >= 0.6 is 0 Å². The molecule has 1 heterocycles. The van der Waals surface area contributed by atoms with Gasteiger partial charge in [-0.15, -0.1) is 0 Å². The van der Waals surface area contributed by atoms with Crippen LogP contribution in [-0.2, 0) is 0 Å². The lowest BCUT2D eigenvalue weighted by atomic mass is 9.57. The van der Waals surface area contributed by atoms with Gasteiger partial charge in [-0.2, -0.15) is 0 Å². The van der Waals surface area contributed by atoms with Crippen LogP contribution in [0.25, 0.3) is 0 Å². The first-order valence-electron chi connectivity index (χ1n) is 4.91. The summed E-state index contributed by atoms with van der Waals surface area (Å²) in [6, 6.07) is 0. The molecule has 0 aromatic carbocycles. The molecule has 1 saturated heterocycles. The van der Waals surface area contributed by atoms with Gasteiger partial charge in [-0.25, -0.2) is 0 Å². The average molecular weight is 153 g/mol. The maximum atomic E-state index is 3.38. The van der Waals surface area contributed by atoms with Gasteiger partial charge in [0.2, 0.25) is 0 Å². The van der Waals surface area contributed by atoms with Gasteiger partial charge in [0.15, 0.2) is 0 Å². The van der Waals surface area contributed by atoms with E-state index in [0.717, 1.165) is 17.3 Å². The molecule has 0 amide bonds. The maximum absolute atomic E-state index is 3.38. The first-order valence-corrected chi connectivity index (χ1v) is 4.91. The molecule has 1 saturated carbocycles. The Labute approximate surface area is 69.6 Å². The first kappa shape index (κ1) is 7.60. The summed E-state index contributed by atoms with van der Waals surface area (Å²) >= 11 is 0. The van der Waals surface area contributed by atoms with Crippen LogP contribution in [0.5, 0.6) is 0 Å². The van der Waals surface area contributed by atoms with E-state index in [1.165, 1.54) is 32.4 Å². The van der Waals surface area contributed by atoms with Gasteiger partial charge in [0.05, 0.1) is 0 Å². The van der Waals surface area contributed by atoms with Gasteiger partial charge < -0.3 is 5.32 Å². The predicted octanol–water partition coefficient (Wildman–Crippen LogP) is 2.03. The van der Waals surface area contributed by atoms with Crippen LogP contribution in [-0.4, -0.2) is 13.1 Å². The predicted molar refractivity (Wildman–Crippen MR) is 47.5 cm³/mol. The molecule has 0 bridgehead atoms. The first-order chi connectivity index (χ1) is 5.20. The number of nitrogens with one attached hydrogen (secondary N) is 1. The zero-order valence-corrected chi connectivity index (χ0v) is 7.69. The molecular formula is C10H19N. The molecule has 2 rings (SSSR count). The molecular weight excluding hydrogens is 134 g/mol. The van der Waals surface area contributed by atoms with Crippen molar-refractivity contribution < 1.29 is 0 Å². The topological polar surface area (TPSA) is 12.0 Å². The van der Waals surface area contributed by atoms with Gasteiger partial charge in [-0.05, 0) is 36.5 Å². The molecule has 0 atom stereocenters. The van der Waals surface area contributed by atoms with Crippen molar-refractivity contribution in [2.75, 3.05) is 13.1 Å². The summed E-state index contributed by atoms with van der Waals surface area (Å²) in [5, 5.41) is 3.38. The molecule has 1 heteroatoms. The molecule has 1 aliphatic carbocycles.